The van der Waals surface area contributed by atoms with E-state index in [2.05, 4.69) is 26.1 Å². The molecule has 21 heavy (non-hydrogen) atoms. The first-order valence-electron chi connectivity index (χ1n) is 6.67. The van der Waals surface area contributed by atoms with E-state index in [9.17, 15) is 0 Å². The molecule has 0 amide bonds. The van der Waals surface area contributed by atoms with E-state index in [0.29, 0.717) is 43.5 Å². The smallest absolute Gasteiger partial charge is 0.258 e. The Morgan fingerprint density at radius 1 is 1.33 bits per heavy atom. The number of methoxy groups -OCH3 is 1. The molecule has 1 saturated heterocycles. The maximum absolute atomic E-state index is 5.88. The van der Waals surface area contributed by atoms with E-state index in [1.807, 2.05) is 12.1 Å². The number of halogens is 1. The molecule has 2 heterocycles. The van der Waals surface area contributed by atoms with Crippen LogP contribution in [0, 0.1) is 0 Å². The van der Waals surface area contributed by atoms with Crippen molar-refractivity contribution in [2.24, 2.45) is 0 Å². The Labute approximate surface area is 130 Å². The molecular weight excluding hydrogens is 338 g/mol. The van der Waals surface area contributed by atoms with Crippen molar-refractivity contribution in [2.75, 3.05) is 26.1 Å². The summed E-state index contributed by atoms with van der Waals surface area (Å²) in [5.41, 5.74) is 6.76. The van der Waals surface area contributed by atoms with Crippen molar-refractivity contribution < 1.29 is 14.0 Å². The van der Waals surface area contributed by atoms with Crippen LogP contribution in [-0.4, -0.2) is 30.5 Å². The Bertz CT molecular complexity index is 638. The fraction of sp³-hybridized carbons (Fsp3) is 0.429. The first-order chi connectivity index (χ1) is 10.1. The largest absolute Gasteiger partial charge is 0.398 e. The van der Waals surface area contributed by atoms with Crippen LogP contribution in [0.1, 0.15) is 18.7 Å². The van der Waals surface area contributed by atoms with Gasteiger partial charge >= 0.3 is 0 Å². The van der Waals surface area contributed by atoms with E-state index in [4.69, 9.17) is 19.7 Å². The van der Waals surface area contributed by atoms with Crippen LogP contribution in [0.3, 0.4) is 0 Å². The summed E-state index contributed by atoms with van der Waals surface area (Å²) in [5, 5.41) is 4.09. The van der Waals surface area contributed by atoms with Crippen LogP contribution < -0.4 is 5.73 Å². The van der Waals surface area contributed by atoms with Crippen LogP contribution in [-0.2, 0) is 15.1 Å². The zero-order chi connectivity index (χ0) is 14.9. The lowest BCUT2D eigenvalue weighted by Gasteiger charge is -2.32. The number of ether oxygens (including phenoxy) is 2. The molecule has 1 aliphatic heterocycles. The van der Waals surface area contributed by atoms with Crippen molar-refractivity contribution in [3.63, 3.8) is 0 Å². The highest BCUT2D eigenvalue weighted by Gasteiger charge is 2.39. The first kappa shape index (κ1) is 14.5. The van der Waals surface area contributed by atoms with Crippen molar-refractivity contribution >= 4 is 21.6 Å². The predicted octanol–water partition coefficient (Wildman–Crippen LogP) is 2.73. The molecule has 112 valence electrons. The summed E-state index contributed by atoms with van der Waals surface area (Å²) in [5.74, 6) is 0.997. The van der Waals surface area contributed by atoms with Crippen molar-refractivity contribution in [1.82, 2.24) is 10.1 Å². The molecule has 0 spiro atoms. The molecule has 0 saturated carbocycles. The highest BCUT2D eigenvalue weighted by Crippen LogP contribution is 2.35. The molecule has 7 heteroatoms. The van der Waals surface area contributed by atoms with Gasteiger partial charge in [-0.05, 0) is 34.1 Å². The monoisotopic (exact) mass is 353 g/mol. The Morgan fingerprint density at radius 2 is 2.10 bits per heavy atom. The number of anilines is 1. The molecule has 1 aromatic carbocycles. The van der Waals surface area contributed by atoms with E-state index in [-0.39, 0.29) is 0 Å². The maximum Gasteiger partial charge on any atom is 0.258 e. The number of benzene rings is 1. The lowest BCUT2D eigenvalue weighted by Crippen LogP contribution is -2.36. The second kappa shape index (κ2) is 5.75. The van der Waals surface area contributed by atoms with Crippen molar-refractivity contribution in [2.45, 2.75) is 18.4 Å². The van der Waals surface area contributed by atoms with E-state index >= 15 is 0 Å². The summed E-state index contributed by atoms with van der Waals surface area (Å²) in [6.45, 7) is 1.26. The Morgan fingerprint density at radius 3 is 2.76 bits per heavy atom. The number of nitrogens with zero attached hydrogens (tertiary/aromatic N) is 2. The Hall–Kier alpha value is -1.44. The van der Waals surface area contributed by atoms with Crippen LogP contribution in [0.15, 0.2) is 27.2 Å². The SMILES string of the molecule is COC1(c2noc(-c3ccc(Br)c(N)c3)n2)CCOCC1. The van der Waals surface area contributed by atoms with Crippen LogP contribution in [0.25, 0.3) is 11.5 Å². The Kier molecular flexibility index (Phi) is 3.97. The van der Waals surface area contributed by atoms with Gasteiger partial charge in [-0.15, -0.1) is 0 Å². The molecular formula is C14H16BrN3O3. The summed E-state index contributed by atoms with van der Waals surface area (Å²) in [6.07, 6.45) is 1.43. The van der Waals surface area contributed by atoms with E-state index in [1.54, 1.807) is 13.2 Å². The molecule has 2 aromatic rings. The van der Waals surface area contributed by atoms with Gasteiger partial charge in [-0.3, -0.25) is 0 Å². The van der Waals surface area contributed by atoms with Gasteiger partial charge in [-0.1, -0.05) is 5.16 Å². The topological polar surface area (TPSA) is 83.4 Å². The molecule has 1 aliphatic rings. The number of rotatable bonds is 3. The minimum absolute atomic E-state index is 0.437. The molecule has 0 atom stereocenters. The van der Waals surface area contributed by atoms with Gasteiger partial charge in [-0.2, -0.15) is 4.98 Å². The van der Waals surface area contributed by atoms with E-state index < -0.39 is 5.60 Å². The zero-order valence-electron chi connectivity index (χ0n) is 11.6. The highest BCUT2D eigenvalue weighted by molar-refractivity contribution is 9.10. The third-order valence-corrected chi connectivity index (χ3v) is 4.49. The van der Waals surface area contributed by atoms with Gasteiger partial charge in [0.25, 0.3) is 5.89 Å². The van der Waals surface area contributed by atoms with Crippen LogP contribution in [0.2, 0.25) is 0 Å². The minimum Gasteiger partial charge on any atom is -0.398 e. The molecule has 0 unspecified atom stereocenters. The minimum atomic E-state index is -0.527. The van der Waals surface area contributed by atoms with E-state index in [0.717, 1.165) is 10.0 Å². The third-order valence-electron chi connectivity index (χ3n) is 3.77. The van der Waals surface area contributed by atoms with Crippen molar-refractivity contribution in [3.8, 4) is 11.5 Å². The van der Waals surface area contributed by atoms with Gasteiger partial charge in [-0.25, -0.2) is 0 Å². The fourth-order valence-corrected chi connectivity index (χ4v) is 2.67. The third kappa shape index (κ3) is 2.68. The zero-order valence-corrected chi connectivity index (χ0v) is 13.2. The summed E-state index contributed by atoms with van der Waals surface area (Å²) in [4.78, 5) is 4.49. The molecule has 1 fully saturated rings. The average Bonchev–Trinajstić information content (AvgIpc) is 3.01. The van der Waals surface area contributed by atoms with Gasteiger partial charge in [0.1, 0.15) is 5.60 Å². The summed E-state index contributed by atoms with van der Waals surface area (Å²) < 4.78 is 17.2. The van der Waals surface area contributed by atoms with Crippen molar-refractivity contribution in [1.29, 1.82) is 0 Å². The van der Waals surface area contributed by atoms with Gasteiger partial charge < -0.3 is 19.7 Å². The number of nitrogens with two attached hydrogens (primary N) is 1. The van der Waals surface area contributed by atoms with Gasteiger partial charge in [0.2, 0.25) is 5.82 Å². The predicted molar refractivity (Wildman–Crippen MR) is 80.6 cm³/mol. The fourth-order valence-electron chi connectivity index (χ4n) is 2.42. The number of aromatic nitrogens is 2. The average molecular weight is 354 g/mol. The summed E-state index contributed by atoms with van der Waals surface area (Å²) >= 11 is 3.36. The van der Waals surface area contributed by atoms with Gasteiger partial charge in [0.15, 0.2) is 0 Å². The molecule has 2 N–H and O–H groups in total. The molecule has 3 rings (SSSR count). The molecule has 0 aliphatic carbocycles. The number of hydrogen-bond donors (Lipinski definition) is 1. The summed E-state index contributed by atoms with van der Waals surface area (Å²) in [6, 6.07) is 5.53. The lowest BCUT2D eigenvalue weighted by molar-refractivity contribution is -0.101. The van der Waals surface area contributed by atoms with Gasteiger partial charge in [0.05, 0.1) is 0 Å². The van der Waals surface area contributed by atoms with Crippen LogP contribution in [0.5, 0.6) is 0 Å². The van der Waals surface area contributed by atoms with Crippen LogP contribution in [0.4, 0.5) is 5.69 Å². The second-order valence-electron chi connectivity index (χ2n) is 4.97. The first-order valence-corrected chi connectivity index (χ1v) is 7.46. The Balaban J connectivity index is 1.93. The highest BCUT2D eigenvalue weighted by atomic mass is 79.9. The molecule has 0 radical (unpaired) electrons. The molecule has 0 bridgehead atoms. The quantitative estimate of drug-likeness (QED) is 0.854. The van der Waals surface area contributed by atoms with E-state index in [1.165, 1.54) is 0 Å². The van der Waals surface area contributed by atoms with Crippen molar-refractivity contribution in [3.05, 3.63) is 28.5 Å². The number of hydrogen-bond acceptors (Lipinski definition) is 6. The standard InChI is InChI=1S/C14H16BrN3O3/c1-19-14(4-6-20-7-5-14)13-17-12(21-18-13)9-2-3-10(15)11(16)8-9/h2-3,8H,4-7,16H2,1H3. The lowest BCUT2D eigenvalue weighted by atomic mass is 9.93. The number of nitrogen functional groups attached to an aromatic ring is 1. The summed E-state index contributed by atoms with van der Waals surface area (Å²) in [7, 11) is 1.67. The second-order valence-corrected chi connectivity index (χ2v) is 5.82. The van der Waals surface area contributed by atoms with Crippen LogP contribution >= 0.6 is 15.9 Å². The maximum atomic E-state index is 5.88. The van der Waals surface area contributed by atoms with Gasteiger partial charge in [0, 0.05) is 48.9 Å². The normalized spacial score (nSPS) is 17.8. The molecule has 6 nitrogen and oxygen atoms in total. The molecule has 1 aromatic heterocycles.